The van der Waals surface area contributed by atoms with Gasteiger partial charge in [0.15, 0.2) is 0 Å². The highest BCUT2D eigenvalue weighted by Crippen LogP contribution is 2.30. The maximum absolute atomic E-state index is 6.11. The second-order valence-corrected chi connectivity index (χ2v) is 6.62. The van der Waals surface area contributed by atoms with Gasteiger partial charge in [0, 0.05) is 6.04 Å². The van der Waals surface area contributed by atoms with Gasteiger partial charge in [-0.3, -0.25) is 0 Å². The Bertz CT molecular complexity index is 432. The van der Waals surface area contributed by atoms with Crippen LogP contribution in [0.15, 0.2) is 12.1 Å². The molecule has 1 fully saturated rings. The number of hydrogen-bond acceptors (Lipinski definition) is 2. The highest BCUT2D eigenvalue weighted by atomic mass is 16.5. The number of nitrogens with one attached hydrogen (secondary N) is 1. The molecular formula is C19H31NO. The first-order valence-corrected chi connectivity index (χ1v) is 8.55. The van der Waals surface area contributed by atoms with E-state index in [2.05, 4.69) is 45.1 Å². The first kappa shape index (κ1) is 16.4. The van der Waals surface area contributed by atoms with Gasteiger partial charge in [-0.1, -0.05) is 31.0 Å². The molecule has 0 aromatic heterocycles. The van der Waals surface area contributed by atoms with Crippen molar-refractivity contribution in [2.24, 2.45) is 5.92 Å². The molecule has 0 spiro atoms. The van der Waals surface area contributed by atoms with E-state index in [1.165, 1.54) is 48.8 Å². The molecule has 2 atom stereocenters. The first-order valence-electron chi connectivity index (χ1n) is 8.55. The lowest BCUT2D eigenvalue weighted by atomic mass is 10.00. The van der Waals surface area contributed by atoms with Gasteiger partial charge in [0.25, 0.3) is 0 Å². The van der Waals surface area contributed by atoms with E-state index in [1.807, 2.05) is 0 Å². The van der Waals surface area contributed by atoms with E-state index in [-0.39, 0.29) is 0 Å². The van der Waals surface area contributed by atoms with Gasteiger partial charge in [-0.2, -0.15) is 0 Å². The van der Waals surface area contributed by atoms with Crippen molar-refractivity contribution in [3.63, 3.8) is 0 Å². The largest absolute Gasteiger partial charge is 0.493 e. The van der Waals surface area contributed by atoms with Crippen molar-refractivity contribution in [3.05, 3.63) is 28.8 Å². The maximum Gasteiger partial charge on any atom is 0.125 e. The molecule has 2 rings (SSSR count). The van der Waals surface area contributed by atoms with E-state index >= 15 is 0 Å². The summed E-state index contributed by atoms with van der Waals surface area (Å²) < 4.78 is 6.11. The summed E-state index contributed by atoms with van der Waals surface area (Å²) in [6.45, 7) is 10.7. The zero-order chi connectivity index (χ0) is 15.2. The van der Waals surface area contributed by atoms with E-state index < -0.39 is 0 Å². The van der Waals surface area contributed by atoms with Crippen molar-refractivity contribution in [2.45, 2.75) is 65.8 Å². The fourth-order valence-corrected chi connectivity index (χ4v) is 3.69. The van der Waals surface area contributed by atoms with Crippen LogP contribution in [-0.4, -0.2) is 19.2 Å². The topological polar surface area (TPSA) is 21.3 Å². The third-order valence-corrected chi connectivity index (χ3v) is 4.66. The van der Waals surface area contributed by atoms with E-state index in [0.29, 0.717) is 6.04 Å². The van der Waals surface area contributed by atoms with Crippen LogP contribution >= 0.6 is 0 Å². The Kier molecular flexibility index (Phi) is 6.10. The summed E-state index contributed by atoms with van der Waals surface area (Å²) in [6, 6.07) is 5.14. The molecule has 1 N–H and O–H groups in total. The van der Waals surface area contributed by atoms with E-state index in [9.17, 15) is 0 Å². The monoisotopic (exact) mass is 289 g/mol. The zero-order valence-corrected chi connectivity index (χ0v) is 14.2. The van der Waals surface area contributed by atoms with Gasteiger partial charge in [0.2, 0.25) is 0 Å². The van der Waals surface area contributed by atoms with Gasteiger partial charge in [0.05, 0.1) is 6.61 Å². The molecule has 1 aliphatic carbocycles. The number of ether oxygens (including phenoxy) is 1. The average molecular weight is 289 g/mol. The summed E-state index contributed by atoms with van der Waals surface area (Å²) in [6.07, 6.45) is 6.47. The molecule has 118 valence electrons. The Morgan fingerprint density at radius 1 is 1.14 bits per heavy atom. The third kappa shape index (κ3) is 4.47. The van der Waals surface area contributed by atoms with Crippen LogP contribution in [0, 0.1) is 26.7 Å². The lowest BCUT2D eigenvalue weighted by Crippen LogP contribution is -2.33. The quantitative estimate of drug-likeness (QED) is 0.795. The van der Waals surface area contributed by atoms with Crippen molar-refractivity contribution in [1.82, 2.24) is 5.32 Å². The second kappa shape index (κ2) is 7.84. The van der Waals surface area contributed by atoms with Crippen LogP contribution in [0.3, 0.4) is 0 Å². The van der Waals surface area contributed by atoms with Gasteiger partial charge in [-0.05, 0) is 70.0 Å². The lowest BCUT2D eigenvalue weighted by Gasteiger charge is -2.21. The van der Waals surface area contributed by atoms with Gasteiger partial charge in [-0.15, -0.1) is 0 Å². The molecule has 21 heavy (non-hydrogen) atoms. The normalized spacial score (nSPS) is 21.7. The van der Waals surface area contributed by atoms with Crippen molar-refractivity contribution in [3.8, 4) is 5.75 Å². The van der Waals surface area contributed by atoms with E-state index in [4.69, 9.17) is 4.74 Å². The predicted octanol–water partition coefficient (Wildman–Crippen LogP) is 4.55. The lowest BCUT2D eigenvalue weighted by molar-refractivity contribution is 0.258. The SMILES string of the molecule is CCCNC1CCCC1CCOc1c(C)cc(C)cc1C. The second-order valence-electron chi connectivity index (χ2n) is 6.62. The Balaban J connectivity index is 1.84. The fraction of sp³-hybridized carbons (Fsp3) is 0.684. The Morgan fingerprint density at radius 3 is 2.52 bits per heavy atom. The highest BCUT2D eigenvalue weighted by molar-refractivity contribution is 5.42. The molecule has 1 aromatic carbocycles. The Hall–Kier alpha value is -1.02. The van der Waals surface area contributed by atoms with Crippen molar-refractivity contribution in [1.29, 1.82) is 0 Å². The van der Waals surface area contributed by atoms with Crippen LogP contribution in [0.25, 0.3) is 0 Å². The highest BCUT2D eigenvalue weighted by Gasteiger charge is 2.26. The summed E-state index contributed by atoms with van der Waals surface area (Å²) in [5.41, 5.74) is 3.84. The van der Waals surface area contributed by atoms with E-state index in [0.717, 1.165) is 24.8 Å². The molecular weight excluding hydrogens is 258 g/mol. The molecule has 0 saturated heterocycles. The summed E-state index contributed by atoms with van der Waals surface area (Å²) >= 11 is 0. The summed E-state index contributed by atoms with van der Waals surface area (Å²) in [5.74, 6) is 1.89. The van der Waals surface area contributed by atoms with Crippen LogP contribution in [-0.2, 0) is 0 Å². The predicted molar refractivity (Wildman–Crippen MR) is 90.2 cm³/mol. The standard InChI is InChI=1S/C19H31NO/c1-5-10-20-18-8-6-7-17(18)9-11-21-19-15(3)12-14(2)13-16(19)4/h12-13,17-18,20H,5-11H2,1-4H3. The molecule has 2 heteroatoms. The maximum atomic E-state index is 6.11. The number of aryl methyl sites for hydroxylation is 3. The minimum atomic E-state index is 0.716. The molecule has 1 aromatic rings. The van der Waals surface area contributed by atoms with Gasteiger partial charge in [0.1, 0.15) is 5.75 Å². The molecule has 1 saturated carbocycles. The fourth-order valence-electron chi connectivity index (χ4n) is 3.69. The van der Waals surface area contributed by atoms with Crippen molar-refractivity contribution >= 4 is 0 Å². The molecule has 2 unspecified atom stereocenters. The molecule has 0 bridgehead atoms. The molecule has 1 aliphatic rings. The molecule has 0 radical (unpaired) electrons. The van der Waals surface area contributed by atoms with Crippen LogP contribution < -0.4 is 10.1 Å². The van der Waals surface area contributed by atoms with Crippen molar-refractivity contribution < 1.29 is 4.74 Å². The van der Waals surface area contributed by atoms with Crippen LogP contribution in [0.1, 0.15) is 55.7 Å². The summed E-state index contributed by atoms with van der Waals surface area (Å²) in [7, 11) is 0. The van der Waals surface area contributed by atoms with Gasteiger partial charge in [-0.25, -0.2) is 0 Å². The van der Waals surface area contributed by atoms with Crippen LogP contribution in [0.4, 0.5) is 0 Å². The van der Waals surface area contributed by atoms with Gasteiger partial charge >= 0.3 is 0 Å². The Labute approximate surface area is 130 Å². The zero-order valence-electron chi connectivity index (χ0n) is 14.2. The summed E-state index contributed by atoms with van der Waals surface area (Å²) in [4.78, 5) is 0. The average Bonchev–Trinajstić information content (AvgIpc) is 2.86. The van der Waals surface area contributed by atoms with Crippen molar-refractivity contribution in [2.75, 3.05) is 13.2 Å². The molecule has 0 amide bonds. The minimum Gasteiger partial charge on any atom is -0.493 e. The van der Waals surface area contributed by atoms with Crippen LogP contribution in [0.5, 0.6) is 5.75 Å². The number of rotatable bonds is 7. The third-order valence-electron chi connectivity index (χ3n) is 4.66. The molecule has 2 nitrogen and oxygen atoms in total. The van der Waals surface area contributed by atoms with Crippen LogP contribution in [0.2, 0.25) is 0 Å². The molecule has 0 aliphatic heterocycles. The number of benzene rings is 1. The summed E-state index contributed by atoms with van der Waals surface area (Å²) in [5, 5.41) is 3.70. The Morgan fingerprint density at radius 2 is 1.86 bits per heavy atom. The number of hydrogen-bond donors (Lipinski definition) is 1. The minimum absolute atomic E-state index is 0.716. The smallest absolute Gasteiger partial charge is 0.125 e. The van der Waals surface area contributed by atoms with Gasteiger partial charge < -0.3 is 10.1 Å². The van der Waals surface area contributed by atoms with E-state index in [1.54, 1.807) is 0 Å². The first-order chi connectivity index (χ1) is 10.1. The molecule has 0 heterocycles.